The van der Waals surface area contributed by atoms with Crippen LogP contribution in [0.2, 0.25) is 0 Å². The van der Waals surface area contributed by atoms with Crippen molar-refractivity contribution in [2.75, 3.05) is 33.4 Å². The molecule has 2 aliphatic heterocycles. The minimum absolute atomic E-state index is 0.0149. The molecule has 1 atom stereocenters. The first-order chi connectivity index (χ1) is 15.8. The molecule has 0 unspecified atom stereocenters. The van der Waals surface area contributed by atoms with Crippen molar-refractivity contribution in [1.82, 2.24) is 9.62 Å². The monoisotopic (exact) mass is 480 g/mol. The number of amides is 1. The van der Waals surface area contributed by atoms with Gasteiger partial charge in [0.05, 0.1) is 13.2 Å². The third-order valence-corrected chi connectivity index (χ3v) is 8.43. The molecule has 0 spiro atoms. The first kappa shape index (κ1) is 23.7. The number of rotatable bonds is 7. The third kappa shape index (κ3) is 4.65. The van der Waals surface area contributed by atoms with Crippen molar-refractivity contribution in [3.8, 4) is 0 Å². The van der Waals surface area contributed by atoms with Gasteiger partial charge in [-0.1, -0.05) is 30.3 Å². The molecule has 0 aliphatic carbocycles. The zero-order valence-electron chi connectivity index (χ0n) is 18.2. The maximum atomic E-state index is 15.1. The van der Waals surface area contributed by atoms with Crippen LogP contribution in [0.15, 0.2) is 42.5 Å². The van der Waals surface area contributed by atoms with Gasteiger partial charge in [0.15, 0.2) is 0 Å². The molecule has 0 aromatic heterocycles. The lowest BCUT2D eigenvalue weighted by Crippen LogP contribution is -2.51. The number of carbonyl (C=O) groups is 1. The van der Waals surface area contributed by atoms with Crippen LogP contribution in [-0.4, -0.2) is 52.0 Å². The average molecular weight is 481 g/mol. The van der Waals surface area contributed by atoms with Gasteiger partial charge in [0.2, 0.25) is 15.9 Å². The topological polar surface area (TPSA) is 84.9 Å². The summed E-state index contributed by atoms with van der Waals surface area (Å²) in [6.45, 7) is -0.383. The maximum absolute atomic E-state index is 15.1. The number of nitrogens with one attached hydrogen (secondary N) is 1. The Kier molecular flexibility index (Phi) is 6.81. The van der Waals surface area contributed by atoms with E-state index in [-0.39, 0.29) is 44.0 Å². The van der Waals surface area contributed by atoms with E-state index in [1.807, 2.05) is 6.07 Å². The van der Waals surface area contributed by atoms with Gasteiger partial charge in [-0.3, -0.25) is 4.79 Å². The largest absolute Gasteiger partial charge is 0.375 e. The summed E-state index contributed by atoms with van der Waals surface area (Å²) in [4.78, 5) is 11.5. The lowest BCUT2D eigenvalue weighted by Gasteiger charge is -2.41. The van der Waals surface area contributed by atoms with Gasteiger partial charge in [0.1, 0.15) is 29.1 Å². The van der Waals surface area contributed by atoms with E-state index in [0.29, 0.717) is 18.4 Å². The highest BCUT2D eigenvalue weighted by Gasteiger charge is 2.45. The quantitative estimate of drug-likeness (QED) is 0.659. The summed E-state index contributed by atoms with van der Waals surface area (Å²) < 4.78 is 68.5. The van der Waals surface area contributed by atoms with Crippen LogP contribution in [0.3, 0.4) is 0 Å². The average Bonchev–Trinajstić information content (AvgIpc) is 2.77. The van der Waals surface area contributed by atoms with E-state index in [0.717, 1.165) is 12.1 Å². The van der Waals surface area contributed by atoms with Crippen molar-refractivity contribution in [1.29, 1.82) is 0 Å². The van der Waals surface area contributed by atoms with Crippen molar-refractivity contribution in [3.63, 3.8) is 0 Å². The second-order valence-corrected chi connectivity index (χ2v) is 10.4. The fraction of sp³-hybridized carbons (Fsp3) is 0.435. The number of carbonyl (C=O) groups excluding carboxylic acids is 1. The minimum atomic E-state index is -3.74. The van der Waals surface area contributed by atoms with Crippen LogP contribution in [0.4, 0.5) is 8.78 Å². The van der Waals surface area contributed by atoms with Crippen molar-refractivity contribution in [2.45, 2.75) is 30.2 Å². The SMILES string of the molecule is CNC(=O)COC1(c2cc(F)c(CN3CCC[C@H](c4ccccc4)S3(=O)=O)cc2F)COC1. The molecule has 4 rings (SSSR count). The lowest BCUT2D eigenvalue weighted by atomic mass is 9.90. The van der Waals surface area contributed by atoms with E-state index in [1.54, 1.807) is 24.3 Å². The van der Waals surface area contributed by atoms with Crippen molar-refractivity contribution >= 4 is 15.9 Å². The first-order valence-electron chi connectivity index (χ1n) is 10.7. The van der Waals surface area contributed by atoms with Gasteiger partial charge in [0.25, 0.3) is 0 Å². The fourth-order valence-corrected chi connectivity index (χ4v) is 6.24. The van der Waals surface area contributed by atoms with Crippen LogP contribution in [0.1, 0.15) is 34.8 Å². The van der Waals surface area contributed by atoms with Crippen LogP contribution in [0, 0.1) is 11.6 Å². The first-order valence-corrected chi connectivity index (χ1v) is 12.2. The number of hydrogen-bond donors (Lipinski definition) is 1. The molecule has 2 saturated heterocycles. The van der Waals surface area contributed by atoms with Crippen molar-refractivity contribution in [3.05, 3.63) is 70.8 Å². The van der Waals surface area contributed by atoms with Crippen molar-refractivity contribution < 1.29 is 31.5 Å². The number of ether oxygens (including phenoxy) is 2. The second kappa shape index (κ2) is 9.46. The summed E-state index contributed by atoms with van der Waals surface area (Å²) in [6, 6.07) is 10.9. The van der Waals surface area contributed by atoms with Gasteiger partial charge in [0, 0.05) is 31.3 Å². The number of sulfonamides is 1. The zero-order chi connectivity index (χ0) is 23.6. The van der Waals surface area contributed by atoms with Crippen molar-refractivity contribution in [2.24, 2.45) is 0 Å². The number of likely N-dealkylation sites (N-methyl/N-ethyl adjacent to an activating group) is 1. The van der Waals surface area contributed by atoms with Crippen LogP contribution >= 0.6 is 0 Å². The second-order valence-electron chi connectivity index (χ2n) is 8.29. The number of benzene rings is 2. The summed E-state index contributed by atoms with van der Waals surface area (Å²) in [5, 5.41) is 1.69. The van der Waals surface area contributed by atoms with E-state index in [2.05, 4.69) is 5.32 Å². The van der Waals surface area contributed by atoms with Gasteiger partial charge in [-0.25, -0.2) is 17.2 Å². The maximum Gasteiger partial charge on any atom is 0.245 e. The molecule has 0 saturated carbocycles. The molecule has 1 N–H and O–H groups in total. The highest BCUT2D eigenvalue weighted by atomic mass is 32.2. The minimum Gasteiger partial charge on any atom is -0.375 e. The Bertz CT molecular complexity index is 1120. The van der Waals surface area contributed by atoms with Gasteiger partial charge in [-0.2, -0.15) is 4.31 Å². The summed E-state index contributed by atoms with van der Waals surface area (Å²) in [5.41, 5.74) is -0.687. The Balaban J connectivity index is 1.57. The molecule has 2 aliphatic rings. The molecule has 178 valence electrons. The Morgan fingerprint density at radius 3 is 2.58 bits per heavy atom. The molecule has 2 fully saturated rings. The number of nitrogens with zero attached hydrogens (tertiary/aromatic N) is 1. The molecule has 0 bridgehead atoms. The predicted molar refractivity (Wildman–Crippen MR) is 117 cm³/mol. The molecule has 10 heteroatoms. The summed E-state index contributed by atoms with van der Waals surface area (Å²) in [7, 11) is -2.30. The van der Waals surface area contributed by atoms with E-state index in [1.165, 1.54) is 11.4 Å². The van der Waals surface area contributed by atoms with E-state index < -0.39 is 38.4 Å². The molecular weight excluding hydrogens is 454 g/mol. The fourth-order valence-electron chi connectivity index (χ4n) is 4.21. The van der Waals surface area contributed by atoms with E-state index in [9.17, 15) is 13.2 Å². The molecule has 7 nitrogen and oxygen atoms in total. The van der Waals surface area contributed by atoms with Crippen LogP contribution < -0.4 is 5.32 Å². The summed E-state index contributed by atoms with van der Waals surface area (Å²) in [6.07, 6.45) is 1.10. The number of hydrogen-bond acceptors (Lipinski definition) is 5. The smallest absolute Gasteiger partial charge is 0.245 e. The van der Waals surface area contributed by atoms with Crippen LogP contribution in [0.5, 0.6) is 0 Å². The van der Waals surface area contributed by atoms with Gasteiger partial charge < -0.3 is 14.8 Å². The standard InChI is InChI=1S/C23H26F2N2O5S/c1-26-22(28)13-32-23(14-31-15-23)18-11-19(24)17(10-20(18)25)12-27-9-5-8-21(33(27,29)30)16-6-3-2-4-7-16/h2-4,6-7,10-11,21H,5,8-9,12-15H2,1H3,(H,26,28)/t21-/m1/s1. The Morgan fingerprint density at radius 2 is 1.94 bits per heavy atom. The molecule has 2 aromatic rings. The van der Waals surface area contributed by atoms with E-state index in [4.69, 9.17) is 9.47 Å². The summed E-state index contributed by atoms with van der Waals surface area (Å²) >= 11 is 0. The Hall–Kier alpha value is -2.40. The molecular formula is C23H26F2N2O5S. The molecule has 2 heterocycles. The highest BCUT2D eigenvalue weighted by Crippen LogP contribution is 2.38. The summed E-state index contributed by atoms with van der Waals surface area (Å²) in [5.74, 6) is -1.87. The van der Waals surface area contributed by atoms with Gasteiger partial charge >= 0.3 is 0 Å². The van der Waals surface area contributed by atoms with Gasteiger partial charge in [-0.15, -0.1) is 0 Å². The molecule has 33 heavy (non-hydrogen) atoms. The normalized spacial score (nSPS) is 21.8. The van der Waals surface area contributed by atoms with Crippen LogP contribution in [-0.2, 0) is 36.4 Å². The highest BCUT2D eigenvalue weighted by molar-refractivity contribution is 7.89. The third-order valence-electron chi connectivity index (χ3n) is 6.17. The number of halogens is 2. The molecule has 2 aromatic carbocycles. The molecule has 0 radical (unpaired) electrons. The Labute approximate surface area is 191 Å². The molecule has 1 amide bonds. The predicted octanol–water partition coefficient (Wildman–Crippen LogP) is 2.62. The van der Waals surface area contributed by atoms with Gasteiger partial charge in [-0.05, 0) is 30.5 Å². The van der Waals surface area contributed by atoms with Crippen LogP contribution in [0.25, 0.3) is 0 Å². The Morgan fingerprint density at radius 1 is 1.21 bits per heavy atom. The lowest BCUT2D eigenvalue weighted by molar-refractivity contribution is -0.217. The van der Waals surface area contributed by atoms with E-state index >= 15 is 8.78 Å². The zero-order valence-corrected chi connectivity index (χ0v) is 19.0.